The summed E-state index contributed by atoms with van der Waals surface area (Å²) in [5.41, 5.74) is 6.69. The smallest absolute Gasteiger partial charge is 0.224 e. The Morgan fingerprint density at radius 2 is 1.58 bits per heavy atom. The number of hydrogen-bond acceptors (Lipinski definition) is 3. The molecule has 0 aliphatic rings. The average Bonchev–Trinajstić information content (AvgIpc) is 2.87. The lowest BCUT2D eigenvalue weighted by Crippen LogP contribution is -2.44. The summed E-state index contributed by atoms with van der Waals surface area (Å²) >= 11 is 1.96. The van der Waals surface area contributed by atoms with E-state index in [1.807, 2.05) is 36.0 Å². The molecule has 0 aliphatic heterocycles. The molecule has 2 amide bonds. The van der Waals surface area contributed by atoms with Crippen molar-refractivity contribution < 1.29 is 9.59 Å². The fourth-order valence-corrected chi connectivity index (χ4v) is 5.84. The second kappa shape index (κ2) is 15.4. The molecule has 0 aromatic heterocycles. The zero-order chi connectivity index (χ0) is 28.1. The van der Waals surface area contributed by atoms with Crippen molar-refractivity contribution in [3.05, 3.63) is 96.6 Å². The molecule has 3 aromatic carbocycles. The molecule has 0 heterocycles. The summed E-state index contributed by atoms with van der Waals surface area (Å²) in [5, 5.41) is 5.88. The molecule has 0 aliphatic carbocycles. The van der Waals surface area contributed by atoms with Gasteiger partial charge in [-0.25, -0.2) is 0 Å². The van der Waals surface area contributed by atoms with Gasteiger partial charge in [0.15, 0.2) is 0 Å². The highest BCUT2D eigenvalue weighted by atomic mass is 32.2. The Balaban J connectivity index is 0.00000161. The van der Waals surface area contributed by atoms with Crippen LogP contribution in [0, 0.1) is 17.8 Å². The molecule has 3 rings (SSSR count). The number of carbonyl (C=O) groups excluding carboxylic acids is 2. The second-order valence-corrected chi connectivity index (χ2v) is 12.8. The molecule has 0 saturated carbocycles. The van der Waals surface area contributed by atoms with Crippen molar-refractivity contribution in [1.29, 1.82) is 0 Å². The first-order chi connectivity index (χ1) is 18.1. The summed E-state index contributed by atoms with van der Waals surface area (Å²) in [6.07, 6.45) is 3.76. The summed E-state index contributed by atoms with van der Waals surface area (Å²) in [7, 11) is 0. The lowest BCUT2D eigenvalue weighted by molar-refractivity contribution is -0.128. The van der Waals surface area contributed by atoms with Gasteiger partial charge in [0.2, 0.25) is 12.3 Å². The minimum atomic E-state index is -0.0837. The summed E-state index contributed by atoms with van der Waals surface area (Å²) < 4.78 is 0.145. The molecule has 0 spiro atoms. The van der Waals surface area contributed by atoms with Crippen molar-refractivity contribution in [2.24, 2.45) is 23.5 Å². The molecule has 0 fully saturated rings. The van der Waals surface area contributed by atoms with E-state index in [1.54, 1.807) is 0 Å². The van der Waals surface area contributed by atoms with Crippen LogP contribution in [0.3, 0.4) is 0 Å². The average molecular weight is 533 g/mol. The Bertz CT molecular complexity index is 1150. The van der Waals surface area contributed by atoms with E-state index in [0.29, 0.717) is 0 Å². The molecular formula is C33H44N2O2S. The van der Waals surface area contributed by atoms with Crippen LogP contribution in [0.1, 0.15) is 45.7 Å². The monoisotopic (exact) mass is 532 g/mol. The van der Waals surface area contributed by atoms with Crippen LogP contribution in [0.2, 0.25) is 0 Å². The van der Waals surface area contributed by atoms with Crippen molar-refractivity contribution in [1.82, 2.24) is 5.32 Å². The summed E-state index contributed by atoms with van der Waals surface area (Å²) in [4.78, 5) is 22.4. The highest BCUT2D eigenvalue weighted by Crippen LogP contribution is 2.34. The van der Waals surface area contributed by atoms with Crippen LogP contribution in [-0.4, -0.2) is 28.9 Å². The van der Waals surface area contributed by atoms with Gasteiger partial charge in [-0.05, 0) is 52.3 Å². The zero-order valence-electron chi connectivity index (χ0n) is 23.5. The second-order valence-electron chi connectivity index (χ2n) is 11.0. The highest BCUT2D eigenvalue weighted by molar-refractivity contribution is 8.00. The Morgan fingerprint density at radius 1 is 0.974 bits per heavy atom. The van der Waals surface area contributed by atoms with Crippen LogP contribution in [0.4, 0.5) is 0 Å². The number of benzene rings is 3. The number of primary amides is 1. The van der Waals surface area contributed by atoms with E-state index in [-0.39, 0.29) is 40.9 Å². The largest absolute Gasteiger partial charge is 0.372 e. The first-order valence-electron chi connectivity index (χ1n) is 13.3. The molecule has 5 heteroatoms. The predicted molar refractivity (Wildman–Crippen MR) is 164 cm³/mol. The van der Waals surface area contributed by atoms with E-state index in [4.69, 9.17) is 4.79 Å². The minimum absolute atomic E-state index is 0.0814. The fourth-order valence-electron chi connectivity index (χ4n) is 4.80. The minimum Gasteiger partial charge on any atom is -0.372 e. The highest BCUT2D eigenvalue weighted by Gasteiger charge is 2.33. The molecule has 3 atom stereocenters. The van der Waals surface area contributed by atoms with Crippen LogP contribution in [0.5, 0.6) is 0 Å². The van der Waals surface area contributed by atoms with Crippen LogP contribution >= 0.6 is 11.8 Å². The molecular weight excluding hydrogens is 488 g/mol. The topological polar surface area (TPSA) is 72.2 Å². The fraction of sp³-hybridized carbons (Fsp3) is 0.394. The number of nitrogens with two attached hydrogens (primary N) is 1. The third-order valence-corrected chi connectivity index (χ3v) is 7.99. The standard InChI is InChI=1S/C32H41NOS.CH3NO/c1-7-28(20-24-14-9-8-10-15-24)33-31(34)30(23(2)3)27(22-35-32(4,5)6)21-26-18-13-17-25-16-11-12-19-29(25)26;2-1-3/h7-19,23,27-28,30H,1,20-22H2,2-6H3,(H,33,34);1H,(H2,2,3)/t27-,28?,30-;/m1./s1. The molecule has 1 unspecified atom stereocenters. The number of rotatable bonds is 11. The third kappa shape index (κ3) is 10.0. The van der Waals surface area contributed by atoms with Gasteiger partial charge in [0.05, 0.1) is 6.04 Å². The summed E-state index contributed by atoms with van der Waals surface area (Å²) in [5.74, 6) is 1.47. The maximum atomic E-state index is 13.8. The van der Waals surface area contributed by atoms with Gasteiger partial charge in [-0.2, -0.15) is 11.8 Å². The van der Waals surface area contributed by atoms with Crippen LogP contribution < -0.4 is 11.1 Å². The van der Waals surface area contributed by atoms with E-state index < -0.39 is 0 Å². The van der Waals surface area contributed by atoms with Crippen molar-refractivity contribution in [3.63, 3.8) is 0 Å². The molecule has 0 saturated heterocycles. The maximum absolute atomic E-state index is 13.8. The van der Waals surface area contributed by atoms with Crippen LogP contribution in [0.15, 0.2) is 85.5 Å². The third-order valence-electron chi connectivity index (χ3n) is 6.53. The summed E-state index contributed by atoms with van der Waals surface area (Å²) in [6, 6.07) is 25.3. The van der Waals surface area contributed by atoms with E-state index >= 15 is 0 Å². The zero-order valence-corrected chi connectivity index (χ0v) is 24.3. The lowest BCUT2D eigenvalue weighted by atomic mass is 9.79. The van der Waals surface area contributed by atoms with Gasteiger partial charge < -0.3 is 11.1 Å². The number of fused-ring (bicyclic) bond motifs is 1. The maximum Gasteiger partial charge on any atom is 0.224 e. The van der Waals surface area contributed by atoms with Crippen molar-refractivity contribution >= 4 is 34.9 Å². The Kier molecular flexibility index (Phi) is 12.6. The number of nitrogens with one attached hydrogen (secondary N) is 1. The molecule has 3 N–H and O–H groups in total. The molecule has 4 nitrogen and oxygen atoms in total. The van der Waals surface area contributed by atoms with E-state index in [0.717, 1.165) is 18.6 Å². The molecule has 3 aromatic rings. The number of carbonyl (C=O) groups is 2. The van der Waals surface area contributed by atoms with Gasteiger partial charge in [-0.1, -0.05) is 113 Å². The quantitative estimate of drug-likeness (QED) is 0.210. The van der Waals surface area contributed by atoms with Gasteiger partial charge in [0.25, 0.3) is 0 Å². The van der Waals surface area contributed by atoms with Crippen molar-refractivity contribution in [2.75, 3.05) is 5.75 Å². The van der Waals surface area contributed by atoms with Crippen LogP contribution in [-0.2, 0) is 22.4 Å². The predicted octanol–water partition coefficient (Wildman–Crippen LogP) is 6.82. The molecule has 0 bridgehead atoms. The van der Waals surface area contributed by atoms with Gasteiger partial charge >= 0.3 is 0 Å². The number of hydrogen-bond donors (Lipinski definition) is 2. The molecule has 38 heavy (non-hydrogen) atoms. The van der Waals surface area contributed by atoms with Crippen LogP contribution in [0.25, 0.3) is 10.8 Å². The Morgan fingerprint density at radius 3 is 2.18 bits per heavy atom. The van der Waals surface area contributed by atoms with Gasteiger partial charge in [-0.15, -0.1) is 6.58 Å². The first kappa shape index (κ1) is 31.2. The van der Waals surface area contributed by atoms with E-state index in [9.17, 15) is 4.79 Å². The van der Waals surface area contributed by atoms with E-state index in [2.05, 4.69) is 107 Å². The normalized spacial score (nSPS) is 13.6. The SMILES string of the molecule is C=CC(Cc1ccccc1)NC(=O)[C@H](C(C)C)[C@@H](CSC(C)(C)C)Cc1cccc2ccccc12.NC=O. The molecule has 204 valence electrons. The summed E-state index contributed by atoms with van der Waals surface area (Å²) in [6.45, 7) is 15.1. The number of thioether (sulfide) groups is 1. The number of amides is 2. The van der Waals surface area contributed by atoms with Gasteiger partial charge in [0, 0.05) is 10.7 Å². The van der Waals surface area contributed by atoms with E-state index in [1.165, 1.54) is 21.9 Å². The molecule has 0 radical (unpaired) electrons. The van der Waals surface area contributed by atoms with Crippen molar-refractivity contribution in [3.8, 4) is 0 Å². The Labute approximate surface area is 233 Å². The first-order valence-corrected chi connectivity index (χ1v) is 14.3. The van der Waals surface area contributed by atoms with Gasteiger partial charge in [0.1, 0.15) is 0 Å². The van der Waals surface area contributed by atoms with Gasteiger partial charge in [-0.3, -0.25) is 9.59 Å². The lowest BCUT2D eigenvalue weighted by Gasteiger charge is -2.32. The Hall–Kier alpha value is -3.05. The van der Waals surface area contributed by atoms with Crippen molar-refractivity contribution in [2.45, 2.75) is 58.2 Å².